The lowest BCUT2D eigenvalue weighted by atomic mass is 9.96. The summed E-state index contributed by atoms with van der Waals surface area (Å²) in [6, 6.07) is 17.3. The summed E-state index contributed by atoms with van der Waals surface area (Å²) in [6.45, 7) is 2.04. The lowest BCUT2D eigenvalue weighted by molar-refractivity contribution is 0.325. The molecule has 6 heteroatoms. The Labute approximate surface area is 164 Å². The van der Waals surface area contributed by atoms with Crippen LogP contribution in [0.5, 0.6) is 5.75 Å². The first kappa shape index (κ1) is 17.5. The van der Waals surface area contributed by atoms with E-state index in [-0.39, 0.29) is 11.2 Å². The summed E-state index contributed by atoms with van der Waals surface area (Å²) in [7, 11) is -1.65. The molecule has 0 N–H and O–H groups in total. The number of furan rings is 1. The van der Waals surface area contributed by atoms with Gasteiger partial charge < -0.3 is 9.15 Å². The molecule has 0 saturated carbocycles. The Balaban J connectivity index is 1.43. The Morgan fingerprint density at radius 2 is 1.93 bits per heavy atom. The fourth-order valence-electron chi connectivity index (χ4n) is 4.44. The number of fused-ring (bicyclic) bond motifs is 3. The third-order valence-corrected chi connectivity index (χ3v) is 8.09. The first-order chi connectivity index (χ1) is 13.6. The highest BCUT2D eigenvalue weighted by molar-refractivity contribution is 7.92. The Morgan fingerprint density at radius 1 is 1.11 bits per heavy atom. The van der Waals surface area contributed by atoms with Gasteiger partial charge in [-0.25, -0.2) is 8.42 Å². The van der Waals surface area contributed by atoms with Gasteiger partial charge in [0, 0.05) is 31.1 Å². The smallest absolute Gasteiger partial charge is 0.183 e. The Morgan fingerprint density at radius 3 is 2.64 bits per heavy atom. The highest BCUT2D eigenvalue weighted by Crippen LogP contribution is 2.46. The van der Waals surface area contributed by atoms with Crippen LogP contribution in [0.1, 0.15) is 17.0 Å². The summed E-state index contributed by atoms with van der Waals surface area (Å²) < 4.78 is 36.9. The van der Waals surface area contributed by atoms with Crippen LogP contribution in [0.3, 0.4) is 0 Å². The molecule has 3 heterocycles. The minimum Gasteiger partial charge on any atom is -0.497 e. The molecular weight excluding hydrogens is 374 g/mol. The van der Waals surface area contributed by atoms with Gasteiger partial charge in [-0.1, -0.05) is 12.1 Å². The minimum atomic E-state index is -3.30. The summed E-state index contributed by atoms with van der Waals surface area (Å²) in [5.41, 5.74) is 3.01. The molecular formula is C22H21NO4S. The molecule has 1 saturated heterocycles. The average Bonchev–Trinajstić information content (AvgIpc) is 3.41. The number of likely N-dealkylation sites (tertiary alicyclic amines) is 1. The maximum atomic E-state index is 13.1. The minimum absolute atomic E-state index is 0.00756. The molecule has 2 atom stereocenters. The molecule has 5 nitrogen and oxygen atoms in total. The Kier molecular flexibility index (Phi) is 4.07. The van der Waals surface area contributed by atoms with Gasteiger partial charge in [0.05, 0.1) is 23.5 Å². The third-order valence-electron chi connectivity index (χ3n) is 5.83. The summed E-state index contributed by atoms with van der Waals surface area (Å²) >= 11 is 0. The molecule has 2 aliphatic heterocycles. The number of hydrogen-bond donors (Lipinski definition) is 0. The number of sulfone groups is 1. The monoisotopic (exact) mass is 395 g/mol. The van der Waals surface area contributed by atoms with Crippen molar-refractivity contribution in [1.29, 1.82) is 0 Å². The van der Waals surface area contributed by atoms with E-state index in [1.54, 1.807) is 19.4 Å². The fraction of sp³-hybridized carbons (Fsp3) is 0.273. The van der Waals surface area contributed by atoms with E-state index in [4.69, 9.17) is 9.15 Å². The first-order valence-electron chi connectivity index (χ1n) is 9.33. The van der Waals surface area contributed by atoms with Gasteiger partial charge >= 0.3 is 0 Å². The van der Waals surface area contributed by atoms with Crippen molar-refractivity contribution >= 4 is 9.84 Å². The van der Waals surface area contributed by atoms with E-state index in [0.717, 1.165) is 41.3 Å². The maximum Gasteiger partial charge on any atom is 0.183 e. The van der Waals surface area contributed by atoms with E-state index in [1.165, 1.54) is 0 Å². The first-order valence-corrected chi connectivity index (χ1v) is 10.9. The van der Waals surface area contributed by atoms with Crippen LogP contribution < -0.4 is 4.74 Å². The predicted octanol–water partition coefficient (Wildman–Crippen LogP) is 3.71. The van der Waals surface area contributed by atoms with Gasteiger partial charge in [-0.15, -0.1) is 0 Å². The van der Waals surface area contributed by atoms with E-state index >= 15 is 0 Å². The number of rotatable bonds is 4. The molecule has 0 spiro atoms. The number of ether oxygens (including phenoxy) is 1. The number of methoxy groups -OCH3 is 1. The van der Waals surface area contributed by atoms with E-state index in [2.05, 4.69) is 4.90 Å². The zero-order valence-electron chi connectivity index (χ0n) is 15.5. The molecule has 0 aliphatic carbocycles. The lowest BCUT2D eigenvalue weighted by Crippen LogP contribution is -2.25. The summed E-state index contributed by atoms with van der Waals surface area (Å²) in [5, 5.41) is -0.368. The summed E-state index contributed by atoms with van der Waals surface area (Å²) in [5.74, 6) is 1.59. The number of hydrogen-bond acceptors (Lipinski definition) is 5. The fourth-order valence-corrected chi connectivity index (χ4v) is 6.63. The molecule has 5 rings (SSSR count). The van der Waals surface area contributed by atoms with Crippen molar-refractivity contribution in [2.45, 2.75) is 22.6 Å². The lowest BCUT2D eigenvalue weighted by Gasteiger charge is -2.17. The molecule has 144 valence electrons. The Hall–Kier alpha value is -2.57. The number of benzene rings is 2. The molecule has 0 bridgehead atoms. The van der Waals surface area contributed by atoms with E-state index < -0.39 is 9.84 Å². The molecule has 2 aromatic carbocycles. The second-order valence-electron chi connectivity index (χ2n) is 7.46. The zero-order valence-corrected chi connectivity index (χ0v) is 16.4. The average molecular weight is 395 g/mol. The SMILES string of the molecule is COc1ccc(CN2CC3c4cc(-c5ccco5)ccc4S(=O)(=O)C3C2)cc1. The van der Waals surface area contributed by atoms with E-state index in [1.807, 2.05) is 48.5 Å². The molecule has 28 heavy (non-hydrogen) atoms. The topological polar surface area (TPSA) is 59.8 Å². The zero-order chi connectivity index (χ0) is 19.3. The molecule has 1 fully saturated rings. The van der Waals surface area contributed by atoms with Gasteiger partial charge in [0.1, 0.15) is 11.5 Å². The van der Waals surface area contributed by atoms with Gasteiger partial charge in [-0.05, 0) is 53.6 Å². The second-order valence-corrected chi connectivity index (χ2v) is 9.60. The standard InChI is InChI=1S/C22H21NO4S/c1-26-17-7-4-15(5-8-17)12-23-13-19-18-11-16(20-3-2-10-27-20)6-9-21(18)28(24,25)22(19)14-23/h2-11,19,22H,12-14H2,1H3. The molecule has 0 amide bonds. The van der Waals surface area contributed by atoms with Crippen LogP contribution in [0.25, 0.3) is 11.3 Å². The van der Waals surface area contributed by atoms with Crippen LogP contribution in [-0.4, -0.2) is 38.8 Å². The maximum absolute atomic E-state index is 13.1. The number of nitrogens with zero attached hydrogens (tertiary/aromatic N) is 1. The van der Waals surface area contributed by atoms with Crippen LogP contribution in [0, 0.1) is 0 Å². The Bertz CT molecular complexity index is 1100. The van der Waals surface area contributed by atoms with Crippen molar-refractivity contribution in [1.82, 2.24) is 4.90 Å². The van der Waals surface area contributed by atoms with Gasteiger partial charge in [0.15, 0.2) is 9.84 Å². The summed E-state index contributed by atoms with van der Waals surface area (Å²) in [6.07, 6.45) is 1.63. The predicted molar refractivity (Wildman–Crippen MR) is 106 cm³/mol. The van der Waals surface area contributed by atoms with Crippen LogP contribution in [0.4, 0.5) is 0 Å². The highest BCUT2D eigenvalue weighted by Gasteiger charge is 2.50. The van der Waals surface area contributed by atoms with E-state index in [0.29, 0.717) is 11.4 Å². The van der Waals surface area contributed by atoms with Crippen molar-refractivity contribution in [3.05, 3.63) is 72.0 Å². The quantitative estimate of drug-likeness (QED) is 0.674. The van der Waals surface area contributed by atoms with Gasteiger partial charge in [-0.2, -0.15) is 0 Å². The van der Waals surface area contributed by atoms with Crippen molar-refractivity contribution in [3.63, 3.8) is 0 Å². The van der Waals surface area contributed by atoms with Gasteiger partial charge in [-0.3, -0.25) is 4.90 Å². The normalized spacial score (nSPS) is 22.8. The molecule has 3 aromatic rings. The van der Waals surface area contributed by atoms with Crippen LogP contribution >= 0.6 is 0 Å². The summed E-state index contributed by atoms with van der Waals surface area (Å²) in [4.78, 5) is 2.72. The highest BCUT2D eigenvalue weighted by atomic mass is 32.2. The van der Waals surface area contributed by atoms with Crippen molar-refractivity contribution in [2.24, 2.45) is 0 Å². The van der Waals surface area contributed by atoms with Crippen molar-refractivity contribution in [2.75, 3.05) is 20.2 Å². The van der Waals surface area contributed by atoms with Gasteiger partial charge in [0.2, 0.25) is 0 Å². The third kappa shape index (κ3) is 2.75. The van der Waals surface area contributed by atoms with Crippen LogP contribution in [0.2, 0.25) is 0 Å². The van der Waals surface area contributed by atoms with E-state index in [9.17, 15) is 8.42 Å². The van der Waals surface area contributed by atoms with Crippen molar-refractivity contribution < 1.29 is 17.6 Å². The van der Waals surface area contributed by atoms with Gasteiger partial charge in [0.25, 0.3) is 0 Å². The molecule has 2 aliphatic rings. The molecule has 0 radical (unpaired) electrons. The molecule has 2 unspecified atom stereocenters. The molecule has 1 aromatic heterocycles. The largest absolute Gasteiger partial charge is 0.497 e. The van der Waals surface area contributed by atoms with Crippen LogP contribution in [-0.2, 0) is 16.4 Å². The second kappa shape index (κ2) is 6.50. The van der Waals surface area contributed by atoms with Crippen molar-refractivity contribution in [3.8, 4) is 17.1 Å². The van der Waals surface area contributed by atoms with Crippen LogP contribution in [0.15, 0.2) is 70.2 Å².